The zero-order chi connectivity index (χ0) is 19.9. The van der Waals surface area contributed by atoms with Crippen LogP contribution in [0.1, 0.15) is 70.2 Å². The normalized spacial score (nSPS) is 27.8. The molecule has 0 aliphatic heterocycles. The number of benzene rings is 1. The van der Waals surface area contributed by atoms with Crippen molar-refractivity contribution in [3.8, 4) is 17.1 Å². The molecule has 1 aromatic heterocycles. The lowest BCUT2D eigenvalue weighted by atomic mass is 9.51. The maximum absolute atomic E-state index is 5.38. The van der Waals surface area contributed by atoms with E-state index in [0.717, 1.165) is 34.9 Å². The van der Waals surface area contributed by atoms with Crippen molar-refractivity contribution < 1.29 is 4.74 Å². The molecule has 4 nitrogen and oxygen atoms in total. The summed E-state index contributed by atoms with van der Waals surface area (Å²) in [5.41, 5.74) is 2.55. The molecule has 3 saturated carbocycles. The first-order chi connectivity index (χ1) is 13.5. The molecule has 0 spiro atoms. The monoisotopic (exact) mass is 381 g/mol. The van der Waals surface area contributed by atoms with Crippen molar-refractivity contribution in [1.29, 1.82) is 0 Å². The van der Waals surface area contributed by atoms with Crippen LogP contribution in [0.25, 0.3) is 11.4 Å². The quantitative estimate of drug-likeness (QED) is 0.646. The van der Waals surface area contributed by atoms with E-state index in [1.165, 1.54) is 56.3 Å². The molecule has 5 rings (SSSR count). The van der Waals surface area contributed by atoms with E-state index < -0.39 is 0 Å². The Kier molecular flexibility index (Phi) is 5.24. The van der Waals surface area contributed by atoms with Gasteiger partial charge in [0.15, 0.2) is 5.82 Å². The molecular formula is C24H35N3O. The Morgan fingerprint density at radius 2 is 2.00 bits per heavy atom. The number of rotatable bonds is 6. The van der Waals surface area contributed by atoms with Gasteiger partial charge in [-0.2, -0.15) is 0 Å². The lowest BCUT2D eigenvalue weighted by Gasteiger charge is -2.53. The van der Waals surface area contributed by atoms with Crippen molar-refractivity contribution in [2.24, 2.45) is 24.8 Å². The summed E-state index contributed by atoms with van der Waals surface area (Å²) >= 11 is 0. The summed E-state index contributed by atoms with van der Waals surface area (Å²) in [5.74, 6) is 5.54. The van der Waals surface area contributed by atoms with Crippen molar-refractivity contribution in [2.45, 2.75) is 71.1 Å². The van der Waals surface area contributed by atoms with E-state index in [2.05, 4.69) is 44.5 Å². The van der Waals surface area contributed by atoms with Gasteiger partial charge in [0.1, 0.15) is 11.6 Å². The van der Waals surface area contributed by atoms with Gasteiger partial charge in [-0.25, -0.2) is 0 Å². The fourth-order valence-corrected chi connectivity index (χ4v) is 6.22. The maximum atomic E-state index is 5.38. The molecule has 3 fully saturated rings. The molecule has 1 heterocycles. The minimum Gasteiger partial charge on any atom is -0.497 e. The fourth-order valence-electron chi connectivity index (χ4n) is 6.22. The highest BCUT2D eigenvalue weighted by atomic mass is 16.5. The van der Waals surface area contributed by atoms with Crippen LogP contribution < -0.4 is 4.74 Å². The minimum atomic E-state index is 0.212. The number of fused-ring (bicyclic) bond motifs is 3. The molecule has 2 aromatic rings. The van der Waals surface area contributed by atoms with Gasteiger partial charge < -0.3 is 9.30 Å². The second kappa shape index (κ2) is 7.53. The second-order valence-electron chi connectivity index (χ2n) is 9.29. The van der Waals surface area contributed by atoms with Gasteiger partial charge in [-0.05, 0) is 80.5 Å². The highest BCUT2D eigenvalue weighted by Gasteiger charge is 2.52. The molecule has 152 valence electrons. The van der Waals surface area contributed by atoms with Crippen LogP contribution in [-0.4, -0.2) is 21.9 Å². The molecule has 4 heteroatoms. The summed E-state index contributed by atoms with van der Waals surface area (Å²) in [7, 11) is 3.89. The molecule has 3 aliphatic rings. The lowest BCUT2D eigenvalue weighted by molar-refractivity contribution is 0.0177. The van der Waals surface area contributed by atoms with Crippen LogP contribution in [0.5, 0.6) is 5.75 Å². The first-order valence-corrected chi connectivity index (χ1v) is 11.0. The second-order valence-corrected chi connectivity index (χ2v) is 9.29. The maximum Gasteiger partial charge on any atom is 0.163 e. The summed E-state index contributed by atoms with van der Waals surface area (Å²) in [5, 5.41) is 9.54. The molecule has 3 aliphatic carbocycles. The number of methoxy groups -OCH3 is 1. The van der Waals surface area contributed by atoms with Gasteiger partial charge in [-0.15, -0.1) is 10.2 Å². The van der Waals surface area contributed by atoms with Crippen LogP contribution in [0.2, 0.25) is 0 Å². The number of nitrogens with zero attached hydrogens (tertiary/aromatic N) is 3. The minimum absolute atomic E-state index is 0.212. The van der Waals surface area contributed by atoms with Gasteiger partial charge in [0, 0.05) is 18.0 Å². The number of aryl methyl sites for hydroxylation is 1. The number of hydrogen-bond acceptors (Lipinski definition) is 3. The van der Waals surface area contributed by atoms with Crippen LogP contribution in [0.15, 0.2) is 18.2 Å². The Morgan fingerprint density at radius 1 is 1.25 bits per heavy atom. The largest absolute Gasteiger partial charge is 0.497 e. The highest BCUT2D eigenvalue weighted by Crippen LogP contribution is 2.57. The molecule has 28 heavy (non-hydrogen) atoms. The third-order valence-electron chi connectivity index (χ3n) is 7.72. The Balaban J connectivity index is 1.74. The number of ether oxygens (including phenoxy) is 1. The Bertz CT molecular complexity index is 832. The van der Waals surface area contributed by atoms with E-state index in [1.54, 1.807) is 7.11 Å². The van der Waals surface area contributed by atoms with Crippen molar-refractivity contribution in [2.75, 3.05) is 7.11 Å². The third kappa shape index (κ3) is 3.05. The first kappa shape index (κ1) is 19.5. The van der Waals surface area contributed by atoms with Crippen LogP contribution in [-0.2, 0) is 12.5 Å². The summed E-state index contributed by atoms with van der Waals surface area (Å²) in [6.07, 6.45) is 9.26. The predicted molar refractivity (Wildman–Crippen MR) is 114 cm³/mol. The molecule has 2 atom stereocenters. The van der Waals surface area contributed by atoms with E-state index in [0.29, 0.717) is 0 Å². The fraction of sp³-hybridized carbons (Fsp3) is 0.667. The van der Waals surface area contributed by atoms with E-state index in [1.807, 2.05) is 6.07 Å². The van der Waals surface area contributed by atoms with E-state index >= 15 is 0 Å². The summed E-state index contributed by atoms with van der Waals surface area (Å²) < 4.78 is 7.67. The molecule has 2 bridgehead atoms. The highest BCUT2D eigenvalue weighted by molar-refractivity contribution is 5.62. The first-order valence-electron chi connectivity index (χ1n) is 11.0. The zero-order valence-electron chi connectivity index (χ0n) is 18.2. The smallest absolute Gasteiger partial charge is 0.163 e. The standard InChI is InChI=1S/C24H35N3O/c1-6-7-16(2)21-15-18-10-12-24(21,13-11-18)23-26-25-22(27(23)4)20-9-8-19(28-5)14-17(20)3/h8-9,14,16,18,21H,6-7,10-13,15H2,1-5H3. The molecule has 0 radical (unpaired) electrons. The lowest BCUT2D eigenvalue weighted by Crippen LogP contribution is -2.49. The number of hydrogen-bond donors (Lipinski definition) is 0. The Morgan fingerprint density at radius 3 is 2.64 bits per heavy atom. The summed E-state index contributed by atoms with van der Waals surface area (Å²) in [6, 6.07) is 6.22. The van der Waals surface area contributed by atoms with Crippen molar-refractivity contribution >= 4 is 0 Å². The SMILES string of the molecule is CCCC(C)C1CC2CCC1(c1nnc(-c3ccc(OC)cc3C)n1C)CC2. The molecule has 2 unspecified atom stereocenters. The molecule has 1 aromatic carbocycles. The molecule has 0 N–H and O–H groups in total. The predicted octanol–water partition coefficient (Wildman–Crippen LogP) is 5.68. The molecule has 0 saturated heterocycles. The van der Waals surface area contributed by atoms with Crippen molar-refractivity contribution in [1.82, 2.24) is 14.8 Å². The van der Waals surface area contributed by atoms with E-state index in [-0.39, 0.29) is 5.41 Å². The Hall–Kier alpha value is -1.84. The molecule has 0 amide bonds. The Labute approximate surface area is 169 Å². The van der Waals surface area contributed by atoms with Gasteiger partial charge in [0.25, 0.3) is 0 Å². The van der Waals surface area contributed by atoms with Gasteiger partial charge in [0.2, 0.25) is 0 Å². The van der Waals surface area contributed by atoms with E-state index in [9.17, 15) is 0 Å². The van der Waals surface area contributed by atoms with Gasteiger partial charge >= 0.3 is 0 Å². The average molecular weight is 382 g/mol. The van der Waals surface area contributed by atoms with Gasteiger partial charge in [-0.3, -0.25) is 0 Å². The van der Waals surface area contributed by atoms with Crippen molar-refractivity contribution in [3.05, 3.63) is 29.6 Å². The van der Waals surface area contributed by atoms with Crippen LogP contribution in [0.4, 0.5) is 0 Å². The summed E-state index contributed by atoms with van der Waals surface area (Å²) in [4.78, 5) is 0. The third-order valence-corrected chi connectivity index (χ3v) is 7.72. The average Bonchev–Trinajstić information content (AvgIpc) is 3.10. The zero-order valence-corrected chi connectivity index (χ0v) is 18.2. The number of aromatic nitrogens is 3. The van der Waals surface area contributed by atoms with Crippen LogP contribution >= 0.6 is 0 Å². The van der Waals surface area contributed by atoms with Crippen molar-refractivity contribution in [3.63, 3.8) is 0 Å². The summed E-state index contributed by atoms with van der Waals surface area (Å²) in [6.45, 7) is 6.92. The van der Waals surface area contributed by atoms with Crippen LogP contribution in [0.3, 0.4) is 0 Å². The van der Waals surface area contributed by atoms with Crippen LogP contribution in [0, 0.1) is 24.7 Å². The van der Waals surface area contributed by atoms with Gasteiger partial charge in [-0.1, -0.05) is 26.7 Å². The van der Waals surface area contributed by atoms with Gasteiger partial charge in [0.05, 0.1) is 7.11 Å². The van der Waals surface area contributed by atoms with E-state index in [4.69, 9.17) is 14.9 Å². The topological polar surface area (TPSA) is 39.9 Å². The molecular weight excluding hydrogens is 346 g/mol.